The van der Waals surface area contributed by atoms with Crippen molar-refractivity contribution in [3.63, 3.8) is 0 Å². The maximum Gasteiger partial charge on any atom is 0.269 e. The molecule has 4 heteroatoms. The Morgan fingerprint density at radius 2 is 1.75 bits per heavy atom. The molecule has 3 rings (SSSR count). The minimum Gasteiger partial charge on any atom is -0.258 e. The molecule has 0 aliphatic heterocycles. The maximum absolute atomic E-state index is 11.0. The van der Waals surface area contributed by atoms with E-state index in [0.717, 1.165) is 17.0 Å². The van der Waals surface area contributed by atoms with Gasteiger partial charge in [0, 0.05) is 17.2 Å². The average Bonchev–Trinajstić information content (AvgIpc) is 2.71. The number of hydrogen-bond donors (Lipinski definition) is 0. The van der Waals surface area contributed by atoms with E-state index in [1.807, 2.05) is 0 Å². The Bertz CT molecular complexity index is 780. The van der Waals surface area contributed by atoms with Crippen LogP contribution in [0.25, 0.3) is 0 Å². The quantitative estimate of drug-likeness (QED) is 0.259. The van der Waals surface area contributed by atoms with E-state index in [4.69, 9.17) is 11.6 Å². The van der Waals surface area contributed by atoms with Crippen molar-refractivity contribution >= 4 is 17.3 Å². The average molecular weight is 400 g/mol. The number of rotatable bonds is 8. The third-order valence-corrected chi connectivity index (χ3v) is 6.52. The molecule has 0 saturated heterocycles. The van der Waals surface area contributed by atoms with Crippen LogP contribution in [0.1, 0.15) is 80.9 Å². The summed E-state index contributed by atoms with van der Waals surface area (Å²) in [6.07, 6.45) is 11.4. The maximum atomic E-state index is 11.0. The number of nitro groups is 1. The van der Waals surface area contributed by atoms with Gasteiger partial charge in [0.05, 0.1) is 4.92 Å². The number of hydrogen-bond acceptors (Lipinski definition) is 2. The van der Waals surface area contributed by atoms with Crippen LogP contribution in [0.2, 0.25) is 5.02 Å². The SMILES string of the molecule is CCCCCC1CCC(c2ccc(Cc3cc([N+](=O)[O-])ccc3Cl)cc2)CC1. The fraction of sp³-hybridized carbons (Fsp3) is 0.500. The van der Waals surface area contributed by atoms with Crippen molar-refractivity contribution < 1.29 is 4.92 Å². The highest BCUT2D eigenvalue weighted by Gasteiger charge is 2.22. The molecule has 1 fully saturated rings. The molecule has 0 amide bonds. The van der Waals surface area contributed by atoms with E-state index in [9.17, 15) is 10.1 Å². The molecule has 0 N–H and O–H groups in total. The van der Waals surface area contributed by atoms with Gasteiger partial charge in [-0.25, -0.2) is 0 Å². The van der Waals surface area contributed by atoms with E-state index in [1.54, 1.807) is 12.1 Å². The first kappa shape index (κ1) is 20.9. The highest BCUT2D eigenvalue weighted by molar-refractivity contribution is 6.31. The second-order valence-electron chi connectivity index (χ2n) is 8.16. The van der Waals surface area contributed by atoms with Crippen molar-refractivity contribution in [2.75, 3.05) is 0 Å². The molecule has 0 heterocycles. The Morgan fingerprint density at radius 1 is 1.04 bits per heavy atom. The molecule has 2 aromatic carbocycles. The van der Waals surface area contributed by atoms with Gasteiger partial charge in [-0.15, -0.1) is 0 Å². The first-order chi connectivity index (χ1) is 13.6. The number of non-ortho nitro benzene ring substituents is 1. The van der Waals surface area contributed by atoms with Gasteiger partial charge in [0.1, 0.15) is 0 Å². The van der Waals surface area contributed by atoms with Gasteiger partial charge in [0.2, 0.25) is 0 Å². The molecular weight excluding hydrogens is 370 g/mol. The molecule has 1 aliphatic carbocycles. The van der Waals surface area contributed by atoms with E-state index < -0.39 is 0 Å². The van der Waals surface area contributed by atoms with E-state index >= 15 is 0 Å². The second kappa shape index (κ2) is 10.1. The number of nitrogens with zero attached hydrogens (tertiary/aromatic N) is 1. The molecule has 1 saturated carbocycles. The third kappa shape index (κ3) is 5.57. The fourth-order valence-electron chi connectivity index (χ4n) is 4.41. The Kier molecular flexibility index (Phi) is 7.50. The molecule has 3 nitrogen and oxygen atoms in total. The van der Waals surface area contributed by atoms with Crippen molar-refractivity contribution in [2.24, 2.45) is 5.92 Å². The molecule has 0 aromatic heterocycles. The van der Waals surface area contributed by atoms with Crippen molar-refractivity contribution in [2.45, 2.75) is 70.6 Å². The first-order valence-corrected chi connectivity index (χ1v) is 11.0. The predicted molar refractivity (Wildman–Crippen MR) is 116 cm³/mol. The topological polar surface area (TPSA) is 43.1 Å². The summed E-state index contributed by atoms with van der Waals surface area (Å²) in [5, 5.41) is 11.6. The van der Waals surface area contributed by atoms with E-state index in [2.05, 4.69) is 31.2 Å². The monoisotopic (exact) mass is 399 g/mol. The van der Waals surface area contributed by atoms with Crippen LogP contribution in [0, 0.1) is 16.0 Å². The lowest BCUT2D eigenvalue weighted by molar-refractivity contribution is -0.384. The third-order valence-electron chi connectivity index (χ3n) is 6.15. The summed E-state index contributed by atoms with van der Waals surface area (Å²) >= 11 is 6.24. The molecule has 0 unspecified atom stereocenters. The predicted octanol–water partition coefficient (Wildman–Crippen LogP) is 7.69. The van der Waals surface area contributed by atoms with Crippen LogP contribution in [0.4, 0.5) is 5.69 Å². The molecule has 0 bridgehead atoms. The first-order valence-electron chi connectivity index (χ1n) is 10.6. The summed E-state index contributed by atoms with van der Waals surface area (Å²) in [6.45, 7) is 2.27. The largest absolute Gasteiger partial charge is 0.269 e. The lowest BCUT2D eigenvalue weighted by atomic mass is 9.77. The minimum atomic E-state index is -0.373. The zero-order valence-electron chi connectivity index (χ0n) is 16.7. The van der Waals surface area contributed by atoms with Crippen LogP contribution >= 0.6 is 11.6 Å². The highest BCUT2D eigenvalue weighted by atomic mass is 35.5. The standard InChI is InChI=1S/C24H30ClNO2/c1-2-3-4-5-18-6-10-20(11-7-18)21-12-8-19(9-13-21)16-22-17-23(26(27)28)14-15-24(22)25/h8-9,12-15,17-18,20H,2-7,10-11,16H2,1H3. The molecule has 0 spiro atoms. The molecule has 1 aliphatic rings. The van der Waals surface area contributed by atoms with Crippen LogP contribution in [-0.2, 0) is 6.42 Å². The normalized spacial score (nSPS) is 19.5. The van der Waals surface area contributed by atoms with Crippen LogP contribution in [0.5, 0.6) is 0 Å². The van der Waals surface area contributed by atoms with Crippen molar-refractivity contribution in [3.8, 4) is 0 Å². The van der Waals surface area contributed by atoms with Gasteiger partial charge in [-0.05, 0) is 66.7 Å². The van der Waals surface area contributed by atoms with Crippen molar-refractivity contribution in [1.29, 1.82) is 0 Å². The van der Waals surface area contributed by atoms with Gasteiger partial charge in [-0.1, -0.05) is 68.5 Å². The molecule has 28 heavy (non-hydrogen) atoms. The lowest BCUT2D eigenvalue weighted by Crippen LogP contribution is -2.13. The van der Waals surface area contributed by atoms with Crippen LogP contribution < -0.4 is 0 Å². The number of halogens is 1. The van der Waals surface area contributed by atoms with Gasteiger partial charge in [-0.3, -0.25) is 10.1 Å². The van der Waals surface area contributed by atoms with Crippen molar-refractivity contribution in [3.05, 3.63) is 74.3 Å². The number of nitro benzene ring substituents is 1. The van der Waals surface area contributed by atoms with Gasteiger partial charge in [0.15, 0.2) is 0 Å². The molecule has 0 radical (unpaired) electrons. The number of benzene rings is 2. The summed E-state index contributed by atoms with van der Waals surface area (Å²) in [4.78, 5) is 10.6. The zero-order valence-corrected chi connectivity index (χ0v) is 17.5. The van der Waals surface area contributed by atoms with Gasteiger partial charge < -0.3 is 0 Å². The zero-order chi connectivity index (χ0) is 19.9. The van der Waals surface area contributed by atoms with Gasteiger partial charge in [-0.2, -0.15) is 0 Å². The second-order valence-corrected chi connectivity index (χ2v) is 8.57. The smallest absolute Gasteiger partial charge is 0.258 e. The Labute approximate surface area is 173 Å². The van der Waals surface area contributed by atoms with Gasteiger partial charge >= 0.3 is 0 Å². The van der Waals surface area contributed by atoms with Crippen LogP contribution in [0.3, 0.4) is 0 Å². The van der Waals surface area contributed by atoms with E-state index in [-0.39, 0.29) is 10.6 Å². The summed E-state index contributed by atoms with van der Waals surface area (Å²) < 4.78 is 0. The van der Waals surface area contributed by atoms with E-state index in [0.29, 0.717) is 17.4 Å². The Balaban J connectivity index is 1.57. The summed E-state index contributed by atoms with van der Waals surface area (Å²) in [6, 6.07) is 13.4. The molecule has 2 aromatic rings. The molecule has 0 atom stereocenters. The number of unbranched alkanes of at least 4 members (excludes halogenated alkanes) is 2. The minimum absolute atomic E-state index is 0.0896. The molecule has 150 valence electrons. The lowest BCUT2D eigenvalue weighted by Gasteiger charge is -2.29. The summed E-state index contributed by atoms with van der Waals surface area (Å²) in [7, 11) is 0. The summed E-state index contributed by atoms with van der Waals surface area (Å²) in [5.41, 5.74) is 3.46. The summed E-state index contributed by atoms with van der Waals surface area (Å²) in [5.74, 6) is 1.61. The van der Waals surface area contributed by atoms with Crippen molar-refractivity contribution in [1.82, 2.24) is 0 Å². The Hall–Kier alpha value is -1.87. The molecular formula is C24H30ClNO2. The van der Waals surface area contributed by atoms with Gasteiger partial charge in [0.25, 0.3) is 5.69 Å². The van der Waals surface area contributed by atoms with E-state index in [1.165, 1.54) is 63.0 Å². The highest BCUT2D eigenvalue weighted by Crippen LogP contribution is 2.38. The van der Waals surface area contributed by atoms with Crippen LogP contribution in [0.15, 0.2) is 42.5 Å². The fourth-order valence-corrected chi connectivity index (χ4v) is 4.59. The Morgan fingerprint density at radius 3 is 2.39 bits per heavy atom. The van der Waals surface area contributed by atoms with Crippen LogP contribution in [-0.4, -0.2) is 4.92 Å².